The quantitative estimate of drug-likeness (QED) is 0.439. The van der Waals surface area contributed by atoms with Crippen LogP contribution in [0.1, 0.15) is 15.9 Å². The summed E-state index contributed by atoms with van der Waals surface area (Å²) in [5, 5.41) is 13.3. The van der Waals surface area contributed by atoms with Crippen LogP contribution in [0.5, 0.6) is 5.75 Å². The number of rotatable bonds is 7. The average molecular weight is 394 g/mol. The Balaban J connectivity index is 2.32. The molecule has 0 aliphatic heterocycles. The van der Waals surface area contributed by atoms with E-state index in [9.17, 15) is 28.5 Å². The highest BCUT2D eigenvalue weighted by Gasteiger charge is 2.26. The molecular weight excluding hydrogens is 378 g/mol. The van der Waals surface area contributed by atoms with Crippen LogP contribution in [0.15, 0.2) is 36.4 Å². The third kappa shape index (κ3) is 4.78. The number of hydrogen-bond donors (Lipinski definition) is 1. The van der Waals surface area contributed by atoms with Gasteiger partial charge in [0.25, 0.3) is 11.6 Å². The van der Waals surface area contributed by atoms with Gasteiger partial charge in [0.2, 0.25) is 0 Å². The normalized spacial score (nSPS) is 11.4. The third-order valence-electron chi connectivity index (χ3n) is 3.87. The summed E-state index contributed by atoms with van der Waals surface area (Å²) in [7, 11) is 2.43. The molecule has 10 heteroatoms. The highest BCUT2D eigenvalue weighted by Crippen LogP contribution is 2.25. The summed E-state index contributed by atoms with van der Waals surface area (Å²) in [5.41, 5.74) is -0.455. The van der Waals surface area contributed by atoms with Crippen molar-refractivity contribution in [2.24, 2.45) is 0 Å². The molecule has 1 atom stereocenters. The monoisotopic (exact) mass is 394 g/mol. The Hall–Kier alpha value is -3.56. The number of halogens is 2. The zero-order valence-electron chi connectivity index (χ0n) is 14.9. The van der Waals surface area contributed by atoms with Crippen molar-refractivity contribution in [3.8, 4) is 5.75 Å². The molecule has 1 N–H and O–H groups in total. The molecule has 0 saturated carbocycles. The summed E-state index contributed by atoms with van der Waals surface area (Å²) in [6.45, 7) is 0. The molecule has 0 aromatic heterocycles. The zero-order valence-corrected chi connectivity index (χ0v) is 14.9. The Morgan fingerprint density at radius 3 is 2.46 bits per heavy atom. The van der Waals surface area contributed by atoms with Crippen molar-refractivity contribution in [3.05, 3.63) is 69.3 Å². The lowest BCUT2D eigenvalue weighted by atomic mass is 10.0. The second kappa shape index (κ2) is 8.89. The lowest BCUT2D eigenvalue weighted by Crippen LogP contribution is -2.43. The van der Waals surface area contributed by atoms with Gasteiger partial charge in [-0.15, -0.1) is 0 Å². The van der Waals surface area contributed by atoms with Crippen LogP contribution in [0.4, 0.5) is 14.5 Å². The van der Waals surface area contributed by atoms with Crippen molar-refractivity contribution >= 4 is 17.6 Å². The minimum absolute atomic E-state index is 0.216. The fourth-order valence-electron chi connectivity index (χ4n) is 2.50. The standard InChI is InChI=1S/C18H16F2N2O6/c1-27-16-6-4-12(22(25)26)7-10(16)8-15(18(24)28-2)21-17(23)13-5-3-11(19)9-14(13)20/h3-7,9,15H,8H2,1-2H3,(H,21,23)/t15-/m0/s1. The summed E-state index contributed by atoms with van der Waals surface area (Å²) in [5.74, 6) is -3.54. The van der Waals surface area contributed by atoms with Crippen molar-refractivity contribution in [1.29, 1.82) is 0 Å². The van der Waals surface area contributed by atoms with E-state index in [1.165, 1.54) is 25.3 Å². The van der Waals surface area contributed by atoms with Crippen LogP contribution < -0.4 is 10.1 Å². The molecule has 0 bridgehead atoms. The lowest BCUT2D eigenvalue weighted by molar-refractivity contribution is -0.384. The number of amides is 1. The van der Waals surface area contributed by atoms with E-state index in [-0.39, 0.29) is 23.4 Å². The van der Waals surface area contributed by atoms with Crippen molar-refractivity contribution in [2.75, 3.05) is 14.2 Å². The van der Waals surface area contributed by atoms with Crippen molar-refractivity contribution in [2.45, 2.75) is 12.5 Å². The Bertz CT molecular complexity index is 919. The van der Waals surface area contributed by atoms with Gasteiger partial charge in [-0.3, -0.25) is 14.9 Å². The highest BCUT2D eigenvalue weighted by molar-refractivity contribution is 5.97. The fourth-order valence-corrected chi connectivity index (χ4v) is 2.50. The molecule has 0 radical (unpaired) electrons. The molecule has 0 aliphatic rings. The van der Waals surface area contributed by atoms with Crippen LogP contribution in [-0.2, 0) is 16.0 Å². The van der Waals surface area contributed by atoms with Gasteiger partial charge in [-0.25, -0.2) is 13.6 Å². The minimum atomic E-state index is -1.29. The second-order valence-electron chi connectivity index (χ2n) is 5.63. The van der Waals surface area contributed by atoms with E-state index in [1.807, 2.05) is 0 Å². The van der Waals surface area contributed by atoms with E-state index in [4.69, 9.17) is 4.74 Å². The average Bonchev–Trinajstić information content (AvgIpc) is 2.66. The molecule has 0 aliphatic carbocycles. The molecule has 0 unspecified atom stereocenters. The molecule has 0 heterocycles. The molecule has 2 rings (SSSR count). The van der Waals surface area contributed by atoms with Crippen molar-refractivity contribution < 1.29 is 32.8 Å². The second-order valence-corrected chi connectivity index (χ2v) is 5.63. The first-order valence-electron chi connectivity index (χ1n) is 7.91. The predicted octanol–water partition coefficient (Wildman–Crippen LogP) is 2.40. The van der Waals surface area contributed by atoms with Gasteiger partial charge in [0.05, 0.1) is 24.7 Å². The van der Waals surface area contributed by atoms with Gasteiger partial charge in [0.15, 0.2) is 0 Å². The number of methoxy groups -OCH3 is 2. The van der Waals surface area contributed by atoms with Crippen molar-refractivity contribution in [1.82, 2.24) is 5.32 Å². The largest absolute Gasteiger partial charge is 0.496 e. The van der Waals surface area contributed by atoms with E-state index in [2.05, 4.69) is 10.1 Å². The topological polar surface area (TPSA) is 108 Å². The smallest absolute Gasteiger partial charge is 0.328 e. The van der Waals surface area contributed by atoms with Gasteiger partial charge in [0.1, 0.15) is 23.4 Å². The number of nitro benzene ring substituents is 1. The zero-order chi connectivity index (χ0) is 20.8. The van der Waals surface area contributed by atoms with Gasteiger partial charge in [0, 0.05) is 30.2 Å². The van der Waals surface area contributed by atoms with E-state index in [0.29, 0.717) is 6.07 Å². The summed E-state index contributed by atoms with van der Waals surface area (Å²) < 4.78 is 36.6. The van der Waals surface area contributed by atoms with E-state index < -0.39 is 40.0 Å². The summed E-state index contributed by atoms with van der Waals surface area (Å²) in [6, 6.07) is 4.84. The molecule has 0 spiro atoms. The number of carbonyl (C=O) groups is 2. The van der Waals surface area contributed by atoms with Crippen LogP contribution >= 0.6 is 0 Å². The Labute approximate surface area is 158 Å². The molecule has 0 fully saturated rings. The Morgan fingerprint density at radius 1 is 1.18 bits per heavy atom. The molecule has 2 aromatic carbocycles. The summed E-state index contributed by atoms with van der Waals surface area (Å²) in [4.78, 5) is 34.7. The molecular formula is C18H16F2N2O6. The van der Waals surface area contributed by atoms with E-state index >= 15 is 0 Å². The van der Waals surface area contributed by atoms with Crippen molar-refractivity contribution in [3.63, 3.8) is 0 Å². The molecule has 1 amide bonds. The number of non-ortho nitro benzene ring substituents is 1. The van der Waals surface area contributed by atoms with Gasteiger partial charge in [-0.2, -0.15) is 0 Å². The lowest BCUT2D eigenvalue weighted by Gasteiger charge is -2.18. The maximum Gasteiger partial charge on any atom is 0.328 e. The number of ether oxygens (including phenoxy) is 2. The summed E-state index contributed by atoms with van der Waals surface area (Å²) in [6.07, 6.45) is -0.216. The minimum Gasteiger partial charge on any atom is -0.496 e. The predicted molar refractivity (Wildman–Crippen MR) is 93.0 cm³/mol. The first kappa shape index (κ1) is 20.7. The fraction of sp³-hybridized carbons (Fsp3) is 0.222. The van der Waals surface area contributed by atoms with Crippen LogP contribution in [0.25, 0.3) is 0 Å². The van der Waals surface area contributed by atoms with Gasteiger partial charge in [-0.1, -0.05) is 0 Å². The number of esters is 1. The number of benzene rings is 2. The van der Waals surface area contributed by atoms with Gasteiger partial charge < -0.3 is 14.8 Å². The maximum atomic E-state index is 13.8. The van der Waals surface area contributed by atoms with Gasteiger partial charge >= 0.3 is 5.97 Å². The van der Waals surface area contributed by atoms with Gasteiger partial charge in [-0.05, 0) is 18.2 Å². The number of hydrogen-bond acceptors (Lipinski definition) is 6. The first-order valence-corrected chi connectivity index (χ1v) is 7.91. The maximum absolute atomic E-state index is 13.8. The summed E-state index contributed by atoms with van der Waals surface area (Å²) >= 11 is 0. The number of nitrogens with zero attached hydrogens (tertiary/aromatic N) is 1. The van der Waals surface area contributed by atoms with E-state index in [1.54, 1.807) is 0 Å². The molecule has 0 saturated heterocycles. The molecule has 28 heavy (non-hydrogen) atoms. The number of nitrogens with one attached hydrogen (secondary N) is 1. The van der Waals surface area contributed by atoms with Crippen LogP contribution in [0.2, 0.25) is 0 Å². The van der Waals surface area contributed by atoms with Crippen LogP contribution in [0, 0.1) is 21.7 Å². The van der Waals surface area contributed by atoms with E-state index in [0.717, 1.165) is 19.2 Å². The number of carbonyl (C=O) groups excluding carboxylic acids is 2. The SMILES string of the molecule is COC(=O)[C@H](Cc1cc([N+](=O)[O-])ccc1OC)NC(=O)c1ccc(F)cc1F. The number of nitro groups is 1. The Morgan fingerprint density at radius 2 is 1.89 bits per heavy atom. The molecule has 148 valence electrons. The third-order valence-corrected chi connectivity index (χ3v) is 3.87. The van der Waals surface area contributed by atoms with Crippen LogP contribution in [0.3, 0.4) is 0 Å². The van der Waals surface area contributed by atoms with Crippen LogP contribution in [-0.4, -0.2) is 37.1 Å². The molecule has 8 nitrogen and oxygen atoms in total. The molecule has 2 aromatic rings. The highest BCUT2D eigenvalue weighted by atomic mass is 19.1. The first-order chi connectivity index (χ1) is 13.3. The Kier molecular flexibility index (Phi) is 6.59.